The number of rotatable bonds is 4. The number of alkyl halides is 3. The number of hydrogen-bond acceptors (Lipinski definition) is 2. The van der Waals surface area contributed by atoms with Gasteiger partial charge in [-0.1, -0.05) is 0 Å². The molecule has 1 aromatic carbocycles. The molecule has 1 aromatic rings. The van der Waals surface area contributed by atoms with Crippen LogP contribution in [0.5, 0.6) is 0 Å². The maximum Gasteiger partial charge on any atom is 0.389 e. The highest BCUT2D eigenvalue weighted by atomic mass is 79.9. The zero-order chi connectivity index (χ0) is 13.8. The van der Waals surface area contributed by atoms with E-state index in [1.807, 2.05) is 0 Å². The molecule has 0 saturated carbocycles. The molecule has 100 valence electrons. The van der Waals surface area contributed by atoms with E-state index in [9.17, 15) is 18.0 Å². The van der Waals surface area contributed by atoms with Crippen molar-refractivity contribution in [1.29, 1.82) is 0 Å². The Morgan fingerprint density at radius 2 is 2.06 bits per heavy atom. The van der Waals surface area contributed by atoms with Crippen LogP contribution in [0.2, 0.25) is 0 Å². The molecule has 0 saturated heterocycles. The Morgan fingerprint density at radius 3 is 2.61 bits per heavy atom. The number of carbonyl (C=O) groups is 1. The van der Waals surface area contributed by atoms with Gasteiger partial charge in [0.2, 0.25) is 0 Å². The fraction of sp³-hybridized carbons (Fsp3) is 0.364. The molecule has 0 fully saturated rings. The highest BCUT2D eigenvalue weighted by Gasteiger charge is 2.25. The van der Waals surface area contributed by atoms with Crippen molar-refractivity contribution < 1.29 is 18.0 Å². The summed E-state index contributed by atoms with van der Waals surface area (Å²) in [6, 6.07) is 4.59. The first-order valence-corrected chi connectivity index (χ1v) is 5.99. The molecule has 7 heteroatoms. The monoisotopic (exact) mass is 324 g/mol. The number of hydrogen-bond donors (Lipinski definition) is 2. The number of halogens is 4. The van der Waals surface area contributed by atoms with E-state index in [4.69, 9.17) is 5.73 Å². The van der Waals surface area contributed by atoms with Crippen LogP contribution in [-0.2, 0) is 0 Å². The van der Waals surface area contributed by atoms with Gasteiger partial charge in [-0.2, -0.15) is 13.2 Å². The lowest BCUT2D eigenvalue weighted by Crippen LogP contribution is -2.25. The Hall–Kier alpha value is -1.24. The van der Waals surface area contributed by atoms with Gasteiger partial charge in [-0.25, -0.2) is 0 Å². The zero-order valence-corrected chi connectivity index (χ0v) is 10.9. The van der Waals surface area contributed by atoms with Crippen molar-refractivity contribution in [2.24, 2.45) is 0 Å². The molecule has 3 N–H and O–H groups in total. The summed E-state index contributed by atoms with van der Waals surface area (Å²) >= 11 is 3.17. The molecular weight excluding hydrogens is 313 g/mol. The summed E-state index contributed by atoms with van der Waals surface area (Å²) in [6.45, 7) is -0.0136. The predicted molar refractivity (Wildman–Crippen MR) is 66.2 cm³/mol. The van der Waals surface area contributed by atoms with Gasteiger partial charge < -0.3 is 11.1 Å². The lowest BCUT2D eigenvalue weighted by molar-refractivity contribution is -0.135. The second-order valence-corrected chi connectivity index (χ2v) is 4.57. The average molecular weight is 325 g/mol. The number of nitrogens with two attached hydrogens (primary N) is 1. The molecule has 0 aliphatic carbocycles. The Labute approximate surface area is 111 Å². The van der Waals surface area contributed by atoms with Gasteiger partial charge in [-0.15, -0.1) is 0 Å². The summed E-state index contributed by atoms with van der Waals surface area (Å²) in [7, 11) is 0. The average Bonchev–Trinajstić information content (AvgIpc) is 2.26. The number of anilines is 1. The molecule has 1 amide bonds. The van der Waals surface area contributed by atoms with Gasteiger partial charge in [-0.3, -0.25) is 4.79 Å². The lowest BCUT2D eigenvalue weighted by Gasteiger charge is -2.08. The van der Waals surface area contributed by atoms with E-state index in [1.54, 1.807) is 6.07 Å². The van der Waals surface area contributed by atoms with Crippen LogP contribution in [0.4, 0.5) is 18.9 Å². The van der Waals surface area contributed by atoms with Crippen LogP contribution in [0.25, 0.3) is 0 Å². The molecule has 3 nitrogen and oxygen atoms in total. The minimum Gasteiger partial charge on any atom is -0.398 e. The van der Waals surface area contributed by atoms with Crippen molar-refractivity contribution in [3.8, 4) is 0 Å². The van der Waals surface area contributed by atoms with Gasteiger partial charge in [0.05, 0.1) is 0 Å². The van der Waals surface area contributed by atoms with Crippen LogP contribution in [0.15, 0.2) is 22.7 Å². The summed E-state index contributed by atoms with van der Waals surface area (Å²) in [5.41, 5.74) is 6.39. The van der Waals surface area contributed by atoms with Gasteiger partial charge in [0.15, 0.2) is 0 Å². The molecule has 0 spiro atoms. The second kappa shape index (κ2) is 6.08. The predicted octanol–water partition coefficient (Wildman–Crippen LogP) is 3.10. The Morgan fingerprint density at radius 1 is 1.39 bits per heavy atom. The van der Waals surface area contributed by atoms with Crippen molar-refractivity contribution in [3.63, 3.8) is 0 Å². The first kappa shape index (κ1) is 14.8. The van der Waals surface area contributed by atoms with Crippen LogP contribution in [0, 0.1) is 0 Å². The third-order valence-electron chi connectivity index (χ3n) is 2.19. The fourth-order valence-electron chi connectivity index (χ4n) is 1.26. The zero-order valence-electron chi connectivity index (χ0n) is 9.35. The quantitative estimate of drug-likeness (QED) is 0.660. The molecule has 1 rings (SSSR count). The maximum absolute atomic E-state index is 11.9. The molecule has 0 unspecified atom stereocenters. The standard InChI is InChI=1S/C11H12BrF3N2O/c12-8-6-7(2-3-9(8)16)10(18)17-5-1-4-11(13,14)15/h2-3,6H,1,4-5,16H2,(H,17,18). The van der Waals surface area contributed by atoms with Crippen LogP contribution in [-0.4, -0.2) is 18.6 Å². The van der Waals surface area contributed by atoms with Crippen molar-refractivity contribution in [2.45, 2.75) is 19.0 Å². The van der Waals surface area contributed by atoms with E-state index in [1.165, 1.54) is 12.1 Å². The third-order valence-corrected chi connectivity index (χ3v) is 2.87. The van der Waals surface area contributed by atoms with E-state index in [0.717, 1.165) is 0 Å². The van der Waals surface area contributed by atoms with Crippen molar-refractivity contribution >= 4 is 27.5 Å². The number of nitrogen functional groups attached to an aromatic ring is 1. The van der Waals surface area contributed by atoms with Crippen LogP contribution >= 0.6 is 15.9 Å². The van der Waals surface area contributed by atoms with Crippen molar-refractivity contribution in [3.05, 3.63) is 28.2 Å². The van der Waals surface area contributed by atoms with Gasteiger partial charge in [0.25, 0.3) is 5.91 Å². The molecule has 0 heterocycles. The van der Waals surface area contributed by atoms with E-state index in [-0.39, 0.29) is 13.0 Å². The fourth-order valence-corrected chi connectivity index (χ4v) is 1.64. The van der Waals surface area contributed by atoms with Crippen LogP contribution in [0.1, 0.15) is 23.2 Å². The maximum atomic E-state index is 11.9. The van der Waals surface area contributed by atoms with E-state index < -0.39 is 18.5 Å². The summed E-state index contributed by atoms with van der Waals surface area (Å²) in [5, 5.41) is 2.42. The molecule has 0 bridgehead atoms. The summed E-state index contributed by atoms with van der Waals surface area (Å²) in [4.78, 5) is 11.6. The Kier molecular flexibility index (Phi) is 5.01. The Balaban J connectivity index is 2.43. The third kappa shape index (κ3) is 4.95. The van der Waals surface area contributed by atoms with Gasteiger partial charge in [-0.05, 0) is 40.5 Å². The van der Waals surface area contributed by atoms with Crippen molar-refractivity contribution in [2.75, 3.05) is 12.3 Å². The van der Waals surface area contributed by atoms with Crippen LogP contribution < -0.4 is 11.1 Å². The SMILES string of the molecule is Nc1ccc(C(=O)NCCCC(F)(F)F)cc1Br. The Bertz CT molecular complexity index is 435. The first-order valence-electron chi connectivity index (χ1n) is 5.19. The molecule has 0 aliphatic rings. The largest absolute Gasteiger partial charge is 0.398 e. The molecule has 0 aromatic heterocycles. The van der Waals surface area contributed by atoms with Crippen LogP contribution in [0.3, 0.4) is 0 Å². The number of amides is 1. The van der Waals surface area contributed by atoms with E-state index >= 15 is 0 Å². The smallest absolute Gasteiger partial charge is 0.389 e. The normalized spacial score (nSPS) is 11.3. The molecule has 0 radical (unpaired) electrons. The minimum absolute atomic E-state index is 0.0136. The number of benzene rings is 1. The van der Waals surface area contributed by atoms with Gasteiger partial charge in [0.1, 0.15) is 0 Å². The molecule has 18 heavy (non-hydrogen) atoms. The second-order valence-electron chi connectivity index (χ2n) is 3.71. The van der Waals surface area contributed by atoms with E-state index in [0.29, 0.717) is 15.7 Å². The minimum atomic E-state index is -4.19. The lowest BCUT2D eigenvalue weighted by atomic mass is 10.2. The highest BCUT2D eigenvalue weighted by Crippen LogP contribution is 2.21. The number of nitrogens with one attached hydrogen (secondary N) is 1. The summed E-state index contributed by atoms with van der Waals surface area (Å²) in [5.74, 6) is -0.419. The first-order chi connectivity index (χ1) is 8.29. The van der Waals surface area contributed by atoms with E-state index in [2.05, 4.69) is 21.2 Å². The molecular formula is C11H12BrF3N2O. The van der Waals surface area contributed by atoms with Crippen molar-refractivity contribution in [1.82, 2.24) is 5.32 Å². The summed E-state index contributed by atoms with van der Waals surface area (Å²) < 4.78 is 36.2. The molecule has 0 aliphatic heterocycles. The topological polar surface area (TPSA) is 55.1 Å². The number of carbonyl (C=O) groups excluding carboxylic acids is 1. The summed E-state index contributed by atoms with van der Waals surface area (Å²) in [6.07, 6.45) is -5.22. The van der Waals surface area contributed by atoms with Gasteiger partial charge in [0, 0.05) is 28.7 Å². The highest BCUT2D eigenvalue weighted by molar-refractivity contribution is 9.10. The van der Waals surface area contributed by atoms with Gasteiger partial charge >= 0.3 is 6.18 Å². The molecule has 0 atom stereocenters.